The van der Waals surface area contributed by atoms with Crippen molar-refractivity contribution in [2.45, 2.75) is 275 Å². The number of carbonyl (C=O) groups is 8. The third-order valence-electron chi connectivity index (χ3n) is 29.4. The molecule has 7 aliphatic rings. The lowest BCUT2D eigenvalue weighted by Crippen LogP contribution is -2.33. The Morgan fingerprint density at radius 3 is 1.06 bits per heavy atom. The van der Waals surface area contributed by atoms with E-state index >= 15 is 0 Å². The number of amides is 5. The van der Waals surface area contributed by atoms with Crippen LogP contribution >= 0.6 is 0 Å². The fourth-order valence-corrected chi connectivity index (χ4v) is 21.4. The van der Waals surface area contributed by atoms with Gasteiger partial charge in [-0.25, -0.2) is 57.4 Å². The van der Waals surface area contributed by atoms with Crippen molar-refractivity contribution in [1.29, 1.82) is 0 Å². The van der Waals surface area contributed by atoms with E-state index < -0.39 is 0 Å². The van der Waals surface area contributed by atoms with Crippen LogP contribution in [0.2, 0.25) is 0 Å². The molecule has 4 N–H and O–H groups in total. The van der Waals surface area contributed by atoms with Gasteiger partial charge in [0.05, 0.1) is 47.4 Å². The van der Waals surface area contributed by atoms with Gasteiger partial charge in [0.2, 0.25) is 29.5 Å². The number of halogens is 4. The van der Waals surface area contributed by atoms with E-state index in [-0.39, 0.29) is 130 Å². The van der Waals surface area contributed by atoms with Gasteiger partial charge in [-0.2, -0.15) is 0 Å². The molecule has 1 saturated heterocycles. The molecule has 9 atom stereocenters. The number of fused-ring (bicyclic) bond motifs is 4. The van der Waals surface area contributed by atoms with Gasteiger partial charge in [-0.15, -0.1) is 0 Å². The SMILES string of the molecule is CC(=O)C[C@@H]1CCC[C@H](C(=O)Nc2cc(-c3cc(F)c4ncn(C5CC5)c4c3)c(C)cn2)C1.CC(=O)C[C@@H]1CCC[C@H](C(=O)Nc2cc(-c3cc(F)c4ncn(CC5CC5)c4c3)c(C)cn2)C1.CCC(=O)C[C@@H]1CCC[C@H](C(=O)Nc2cc(-c3cc(F)c4ncn(C(C)C)c4c3)c(C)cn2)C1.Cc1cnc(NC(=O)[C@H]2CCC[C@@H](CC(=O)N3CC[C@H](C)C3)C2)cc1-c1cc(F)c2ncn(C(C)C)c2c1. The number of benzene rings is 4. The van der Waals surface area contributed by atoms with Crippen LogP contribution in [0.25, 0.3) is 88.6 Å². The van der Waals surface area contributed by atoms with Gasteiger partial charge in [0.1, 0.15) is 62.7 Å². The van der Waals surface area contributed by atoms with Crippen LogP contribution in [0.3, 0.4) is 0 Å². The summed E-state index contributed by atoms with van der Waals surface area (Å²) in [7, 11) is 0. The maximum absolute atomic E-state index is 15.0. The average Bonchev–Trinajstić information content (AvgIpc) is 1.63. The summed E-state index contributed by atoms with van der Waals surface area (Å²) in [6.45, 7) is 25.7. The van der Waals surface area contributed by atoms with Gasteiger partial charge in [-0.05, 0) is 353 Å². The number of nitrogens with zero attached hydrogens (tertiary/aromatic N) is 13. The molecule has 0 radical (unpaired) electrons. The fourth-order valence-electron chi connectivity index (χ4n) is 21.4. The maximum Gasteiger partial charge on any atom is 0.228 e. The topological polar surface area (TPSA) is 311 Å². The Morgan fingerprint density at radius 1 is 0.381 bits per heavy atom. The Bertz CT molecular complexity index is 6600. The number of Topliss-reactive ketones (excluding diaryl/α,β-unsaturated/α-hetero) is 3. The molecule has 0 unspecified atom stereocenters. The number of nitrogens with one attached hydrogen (secondary N) is 4. The number of aromatic nitrogens is 12. The van der Waals surface area contributed by atoms with E-state index in [0.29, 0.717) is 95.3 Å². The number of rotatable bonds is 26. The van der Waals surface area contributed by atoms with Gasteiger partial charge in [0.15, 0.2) is 23.3 Å². The predicted molar refractivity (Wildman–Crippen MR) is 534 cm³/mol. The summed E-state index contributed by atoms with van der Waals surface area (Å²) >= 11 is 0. The molecule has 12 aromatic rings. The fraction of sp³-hybridized carbons (Fsp3) is 0.491. The zero-order chi connectivity index (χ0) is 98.3. The van der Waals surface area contributed by atoms with Gasteiger partial charge < -0.3 is 54.0 Å². The van der Waals surface area contributed by atoms with Crippen molar-refractivity contribution in [3.63, 3.8) is 0 Å². The molecule has 0 spiro atoms. The first-order valence-corrected chi connectivity index (χ1v) is 50.2. The highest BCUT2D eigenvalue weighted by atomic mass is 19.1. The Kier molecular flexibility index (Phi) is 31.4. The van der Waals surface area contributed by atoms with E-state index in [2.05, 4.69) is 72.6 Å². The summed E-state index contributed by atoms with van der Waals surface area (Å²) in [5.74, 6) is 2.84. The minimum atomic E-state index is -0.372. The van der Waals surface area contributed by atoms with Crippen molar-refractivity contribution in [3.05, 3.63) is 168 Å². The molecule has 9 heterocycles. The van der Waals surface area contributed by atoms with Crippen LogP contribution in [-0.2, 0) is 44.9 Å². The van der Waals surface area contributed by atoms with E-state index in [9.17, 15) is 55.9 Å². The molecule has 4 aromatic carbocycles. The number of hydrogen-bond acceptors (Lipinski definition) is 16. The van der Waals surface area contributed by atoms with Crippen LogP contribution in [0, 0.1) is 110 Å². The molecule has 25 nitrogen and oxygen atoms in total. The first kappa shape index (κ1) is 99.5. The minimum Gasteiger partial charge on any atom is -0.342 e. The van der Waals surface area contributed by atoms with Crippen LogP contribution in [0.4, 0.5) is 40.8 Å². The van der Waals surface area contributed by atoms with E-state index in [1.807, 2.05) is 129 Å². The van der Waals surface area contributed by atoms with Crippen LogP contribution in [0.15, 0.2) is 123 Å². The van der Waals surface area contributed by atoms with Crippen molar-refractivity contribution < 1.29 is 55.9 Å². The van der Waals surface area contributed by atoms with E-state index in [1.165, 1.54) is 37.1 Å². The first-order chi connectivity index (χ1) is 66.7. The average molecular weight is 1900 g/mol. The van der Waals surface area contributed by atoms with Gasteiger partial charge in [0, 0.05) is 118 Å². The summed E-state index contributed by atoms with van der Waals surface area (Å²) < 4.78 is 67.6. The molecule has 6 saturated carbocycles. The zero-order valence-corrected chi connectivity index (χ0v) is 82.2. The molecular formula is C110H131F4N17O8. The number of hydrogen-bond donors (Lipinski definition) is 4. The molecule has 19 rings (SSSR count). The largest absolute Gasteiger partial charge is 0.342 e. The number of anilines is 4. The second kappa shape index (κ2) is 43.9. The van der Waals surface area contributed by atoms with Crippen LogP contribution < -0.4 is 21.3 Å². The third kappa shape index (κ3) is 24.3. The molecular weight excluding hydrogens is 1760 g/mol. The molecule has 6 aliphatic carbocycles. The van der Waals surface area contributed by atoms with Gasteiger partial charge in [-0.3, -0.25) is 28.8 Å². The molecule has 8 aromatic heterocycles. The van der Waals surface area contributed by atoms with Crippen LogP contribution in [-0.4, -0.2) is 123 Å². The van der Waals surface area contributed by atoms with Crippen molar-refractivity contribution in [2.24, 2.45) is 59.2 Å². The number of ketones is 3. The third-order valence-corrected chi connectivity index (χ3v) is 29.4. The minimum absolute atomic E-state index is 0.0558. The number of imidazole rings is 4. The molecule has 29 heteroatoms. The molecule has 1 aliphatic heterocycles. The quantitative estimate of drug-likeness (QED) is 0.0366. The summed E-state index contributed by atoms with van der Waals surface area (Å²) in [6.07, 6.45) is 36.1. The lowest BCUT2D eigenvalue weighted by molar-refractivity contribution is -0.132. The van der Waals surface area contributed by atoms with Gasteiger partial charge in [-0.1, -0.05) is 39.5 Å². The van der Waals surface area contributed by atoms with Crippen molar-refractivity contribution >= 4 is 114 Å². The monoisotopic (exact) mass is 1890 g/mol. The van der Waals surface area contributed by atoms with Crippen LogP contribution in [0.1, 0.15) is 263 Å². The summed E-state index contributed by atoms with van der Waals surface area (Å²) in [4.78, 5) is 136. The summed E-state index contributed by atoms with van der Waals surface area (Å²) in [5.41, 5.74) is 14.4. The molecule has 139 heavy (non-hydrogen) atoms. The standard InChI is InChI=1S/C30H38FN5O2.C27H31FN4O2.C27H33FN4O2.C26H29FN4O2/c1-18(2)36-17-33-29-25(31)12-23(13-26(29)36)24-14-27(32-15-20(24)4)34-30(38)22-7-5-6-21(10-22)11-28(37)35-9-8-19(3)16-35;1-16-13-29-25(31-27(34)20-5-3-4-19(9-20)8-17(2)33)12-22(16)21-10-23(28)26-24(11-21)32(15-30-26)14-18-6-7-18;1-5-21(33)10-18-7-6-8-19(9-18)27(34)31-25-13-22(17(4)14-29-25)20-11-23(28)26-24(12-20)32(15-30-26)16(2)3;1-15-13-28-24(30-26(33)18-5-3-4-17(9-18)8-16(2)32)12-21(15)19-10-22(27)25-23(11-19)31(14-29-25)20-6-7-20/h12-15,17-19,21-22H,5-11,16H2,1-4H3,(H,32,34,38);10-13,15,18-20H,3-9,14H2,1-2H3,(H,29,31,34);11-16,18-19H,5-10H2,1-4H3,(H,29,31,34);10-14,17-18,20H,3-9H2,1-2H3,(H,28,30,33)/t19-,21+,22-;19-,20-;18-,19+;17-,18-/m0010/s1. The molecule has 7 fully saturated rings. The normalized spacial score (nSPS) is 20.4. The number of pyridine rings is 4. The lowest BCUT2D eigenvalue weighted by Gasteiger charge is -2.29. The smallest absolute Gasteiger partial charge is 0.228 e. The lowest BCUT2D eigenvalue weighted by atomic mass is 9.78. The van der Waals surface area contributed by atoms with Gasteiger partial charge >= 0.3 is 0 Å². The molecule has 5 amide bonds. The van der Waals surface area contributed by atoms with E-state index in [1.54, 1.807) is 63.9 Å². The predicted octanol–water partition coefficient (Wildman–Crippen LogP) is 23.7. The van der Waals surface area contributed by atoms with E-state index in [0.717, 1.165) is 230 Å². The second-order valence-electron chi connectivity index (χ2n) is 41.3. The highest BCUT2D eigenvalue weighted by Crippen LogP contribution is 2.44. The van der Waals surface area contributed by atoms with Crippen molar-refractivity contribution in [3.8, 4) is 44.5 Å². The number of carbonyl (C=O) groups excluding carboxylic acids is 8. The van der Waals surface area contributed by atoms with Crippen molar-refractivity contribution in [1.82, 2.24) is 63.0 Å². The van der Waals surface area contributed by atoms with Gasteiger partial charge in [0.25, 0.3) is 0 Å². The zero-order valence-electron chi connectivity index (χ0n) is 82.2. The Hall–Kier alpha value is -12.6. The Morgan fingerprint density at radius 2 is 0.719 bits per heavy atom. The number of likely N-dealkylation sites (tertiary alicyclic amines) is 1. The maximum atomic E-state index is 15.0. The molecule has 0 bridgehead atoms. The number of aryl methyl sites for hydroxylation is 4. The highest BCUT2D eigenvalue weighted by molar-refractivity contribution is 5.97. The van der Waals surface area contributed by atoms with Crippen LogP contribution in [0.5, 0.6) is 0 Å². The summed E-state index contributed by atoms with van der Waals surface area (Å²) in [5, 5.41) is 11.9. The summed E-state index contributed by atoms with van der Waals surface area (Å²) in [6, 6.07) is 21.8. The first-order valence-electron chi connectivity index (χ1n) is 50.2. The second-order valence-corrected chi connectivity index (χ2v) is 41.3. The molecule has 732 valence electrons. The van der Waals surface area contributed by atoms with Crippen molar-refractivity contribution in [2.75, 3.05) is 34.4 Å². The Labute approximate surface area is 810 Å². The highest BCUT2D eigenvalue weighted by Gasteiger charge is 2.36. The van der Waals surface area contributed by atoms with E-state index in [4.69, 9.17) is 0 Å². The Balaban J connectivity index is 0.000000134.